The van der Waals surface area contributed by atoms with Crippen molar-refractivity contribution in [3.63, 3.8) is 0 Å². The first-order chi connectivity index (χ1) is 11.8. The summed E-state index contributed by atoms with van der Waals surface area (Å²) in [6, 6.07) is 3.31. The minimum atomic E-state index is -0.204. The van der Waals surface area contributed by atoms with Crippen LogP contribution in [-0.2, 0) is 16.1 Å². The molecular formula is C17H25BrN4O3. The number of nitrogens with one attached hydrogen (secondary N) is 2. The molecule has 0 bridgehead atoms. The summed E-state index contributed by atoms with van der Waals surface area (Å²) in [5, 5.41) is 5.86. The monoisotopic (exact) mass is 412 g/mol. The van der Waals surface area contributed by atoms with Gasteiger partial charge in [-0.3, -0.25) is 19.3 Å². The summed E-state index contributed by atoms with van der Waals surface area (Å²) >= 11 is 3.30. The molecule has 7 nitrogen and oxygen atoms in total. The third kappa shape index (κ3) is 6.62. The number of nitrogens with zero attached hydrogens (tertiary/aromatic N) is 2. The van der Waals surface area contributed by atoms with Crippen LogP contribution in [0.4, 0.5) is 0 Å². The van der Waals surface area contributed by atoms with Gasteiger partial charge in [0, 0.05) is 41.9 Å². The zero-order chi connectivity index (χ0) is 18.4. The second-order valence-electron chi connectivity index (χ2n) is 6.65. The molecule has 2 amide bonds. The molecule has 1 aromatic heterocycles. The second-order valence-corrected chi connectivity index (χ2v) is 7.57. The maximum Gasteiger partial charge on any atom is 0.251 e. The summed E-state index contributed by atoms with van der Waals surface area (Å²) in [5.41, 5.74) is -0.204. The standard InChI is InChI=1S/C17H25BrN4O3/c1-12(2)19-15(23)10-21-7-5-14(6-8-21)20-16(24)11-22-9-13(18)3-4-17(22)25/h3-4,9,12,14H,5-8,10-11H2,1-2H3,(H,19,23)(H,20,24). The maximum atomic E-state index is 12.2. The number of likely N-dealkylation sites (tertiary alicyclic amines) is 1. The van der Waals surface area contributed by atoms with E-state index in [4.69, 9.17) is 0 Å². The van der Waals surface area contributed by atoms with Crippen molar-refractivity contribution < 1.29 is 9.59 Å². The first-order valence-corrected chi connectivity index (χ1v) is 9.30. The number of pyridine rings is 1. The van der Waals surface area contributed by atoms with Crippen LogP contribution in [0.2, 0.25) is 0 Å². The lowest BCUT2D eigenvalue weighted by atomic mass is 10.0. The van der Waals surface area contributed by atoms with Crippen LogP contribution in [-0.4, -0.2) is 53.0 Å². The second kappa shape index (κ2) is 9.15. The number of hydrogen-bond donors (Lipinski definition) is 2. The Morgan fingerprint density at radius 1 is 1.20 bits per heavy atom. The van der Waals surface area contributed by atoms with Gasteiger partial charge >= 0.3 is 0 Å². The number of hydrogen-bond acceptors (Lipinski definition) is 4. The van der Waals surface area contributed by atoms with Crippen LogP contribution in [0.25, 0.3) is 0 Å². The van der Waals surface area contributed by atoms with Crippen molar-refractivity contribution in [1.82, 2.24) is 20.1 Å². The molecule has 0 aliphatic carbocycles. The average molecular weight is 413 g/mol. The van der Waals surface area contributed by atoms with Gasteiger partial charge in [-0.1, -0.05) is 0 Å². The highest BCUT2D eigenvalue weighted by Crippen LogP contribution is 2.10. The lowest BCUT2D eigenvalue weighted by molar-refractivity contribution is -0.124. The summed E-state index contributed by atoms with van der Waals surface area (Å²) < 4.78 is 2.14. The fourth-order valence-electron chi connectivity index (χ4n) is 2.86. The molecule has 1 saturated heterocycles. The van der Waals surface area contributed by atoms with Gasteiger partial charge in [0.1, 0.15) is 6.54 Å². The molecule has 0 radical (unpaired) electrons. The molecule has 8 heteroatoms. The van der Waals surface area contributed by atoms with Crippen molar-refractivity contribution in [2.24, 2.45) is 0 Å². The van der Waals surface area contributed by atoms with Crippen LogP contribution in [0.1, 0.15) is 26.7 Å². The average Bonchev–Trinajstić information content (AvgIpc) is 2.52. The van der Waals surface area contributed by atoms with Gasteiger partial charge in [-0.15, -0.1) is 0 Å². The Morgan fingerprint density at radius 2 is 1.88 bits per heavy atom. The quantitative estimate of drug-likeness (QED) is 0.720. The number of piperidine rings is 1. The molecule has 0 aromatic carbocycles. The van der Waals surface area contributed by atoms with E-state index in [1.54, 1.807) is 12.3 Å². The van der Waals surface area contributed by atoms with E-state index in [9.17, 15) is 14.4 Å². The van der Waals surface area contributed by atoms with Gasteiger partial charge in [-0.05, 0) is 48.7 Å². The van der Waals surface area contributed by atoms with E-state index in [0.29, 0.717) is 6.54 Å². The first-order valence-electron chi connectivity index (χ1n) is 8.50. The Bertz CT molecular complexity index is 666. The van der Waals surface area contributed by atoms with Crippen molar-refractivity contribution in [2.75, 3.05) is 19.6 Å². The van der Waals surface area contributed by atoms with Gasteiger partial charge in [0.05, 0.1) is 6.54 Å². The zero-order valence-corrected chi connectivity index (χ0v) is 16.2. The lowest BCUT2D eigenvalue weighted by Crippen LogP contribution is -2.48. The van der Waals surface area contributed by atoms with Gasteiger partial charge in [0.15, 0.2) is 0 Å². The number of amides is 2. The van der Waals surface area contributed by atoms with Gasteiger partial charge in [0.2, 0.25) is 11.8 Å². The number of rotatable bonds is 6. The Balaban J connectivity index is 1.76. The summed E-state index contributed by atoms with van der Waals surface area (Å²) in [5.74, 6) is -0.136. The van der Waals surface area contributed by atoms with Crippen molar-refractivity contribution in [3.05, 3.63) is 33.2 Å². The lowest BCUT2D eigenvalue weighted by Gasteiger charge is -2.32. The Kier molecular flexibility index (Phi) is 7.19. The molecule has 0 spiro atoms. The number of halogens is 1. The third-order valence-electron chi connectivity index (χ3n) is 4.03. The molecule has 0 saturated carbocycles. The highest BCUT2D eigenvalue weighted by atomic mass is 79.9. The predicted octanol–water partition coefficient (Wildman–Crippen LogP) is 0.716. The maximum absolute atomic E-state index is 12.2. The van der Waals surface area contributed by atoms with E-state index in [0.717, 1.165) is 30.4 Å². The molecule has 1 fully saturated rings. The molecule has 1 aliphatic rings. The summed E-state index contributed by atoms with van der Waals surface area (Å²) in [6.07, 6.45) is 3.21. The molecule has 1 aliphatic heterocycles. The largest absolute Gasteiger partial charge is 0.353 e. The highest BCUT2D eigenvalue weighted by molar-refractivity contribution is 9.10. The van der Waals surface area contributed by atoms with Crippen LogP contribution in [0.15, 0.2) is 27.6 Å². The molecule has 2 heterocycles. The third-order valence-corrected chi connectivity index (χ3v) is 4.50. The molecule has 138 valence electrons. The molecule has 0 unspecified atom stereocenters. The Hall–Kier alpha value is -1.67. The Morgan fingerprint density at radius 3 is 2.52 bits per heavy atom. The fourth-order valence-corrected chi connectivity index (χ4v) is 3.24. The van der Waals surface area contributed by atoms with E-state index in [1.165, 1.54) is 10.6 Å². The normalized spacial score (nSPS) is 16.0. The van der Waals surface area contributed by atoms with Gasteiger partial charge in [-0.25, -0.2) is 0 Å². The van der Waals surface area contributed by atoms with Gasteiger partial charge in [-0.2, -0.15) is 0 Å². The van der Waals surface area contributed by atoms with Crippen molar-refractivity contribution >= 4 is 27.7 Å². The van der Waals surface area contributed by atoms with Crippen LogP contribution in [0, 0.1) is 0 Å². The first kappa shape index (κ1) is 19.7. The van der Waals surface area contributed by atoms with E-state index in [1.807, 2.05) is 13.8 Å². The van der Waals surface area contributed by atoms with E-state index < -0.39 is 0 Å². The topological polar surface area (TPSA) is 83.4 Å². The van der Waals surface area contributed by atoms with Gasteiger partial charge < -0.3 is 15.2 Å². The molecule has 0 atom stereocenters. The highest BCUT2D eigenvalue weighted by Gasteiger charge is 2.22. The fraction of sp³-hybridized carbons (Fsp3) is 0.588. The van der Waals surface area contributed by atoms with Crippen LogP contribution in [0.3, 0.4) is 0 Å². The summed E-state index contributed by atoms with van der Waals surface area (Å²) in [7, 11) is 0. The molecule has 2 rings (SSSR count). The minimum absolute atomic E-state index is 0.00921. The van der Waals surface area contributed by atoms with E-state index in [2.05, 4.69) is 31.5 Å². The zero-order valence-electron chi connectivity index (χ0n) is 14.6. The molecule has 2 N–H and O–H groups in total. The van der Waals surface area contributed by atoms with Crippen molar-refractivity contribution in [1.29, 1.82) is 0 Å². The molecule has 25 heavy (non-hydrogen) atoms. The predicted molar refractivity (Wildman–Crippen MR) is 99.3 cm³/mol. The number of carbonyl (C=O) groups excluding carboxylic acids is 2. The SMILES string of the molecule is CC(C)NC(=O)CN1CCC(NC(=O)Cn2cc(Br)ccc2=O)CC1. The van der Waals surface area contributed by atoms with Crippen molar-refractivity contribution in [3.8, 4) is 0 Å². The number of carbonyl (C=O) groups is 2. The Labute approximate surface area is 155 Å². The van der Waals surface area contributed by atoms with Crippen LogP contribution in [0.5, 0.6) is 0 Å². The smallest absolute Gasteiger partial charge is 0.251 e. The number of aromatic nitrogens is 1. The summed E-state index contributed by atoms with van der Waals surface area (Å²) in [4.78, 5) is 37.8. The van der Waals surface area contributed by atoms with Crippen LogP contribution >= 0.6 is 15.9 Å². The van der Waals surface area contributed by atoms with Crippen molar-refractivity contribution in [2.45, 2.75) is 45.3 Å². The summed E-state index contributed by atoms with van der Waals surface area (Å²) in [6.45, 7) is 5.83. The van der Waals surface area contributed by atoms with E-state index in [-0.39, 0.29) is 36.0 Å². The molecule has 1 aromatic rings. The van der Waals surface area contributed by atoms with E-state index >= 15 is 0 Å². The minimum Gasteiger partial charge on any atom is -0.353 e. The van der Waals surface area contributed by atoms with Crippen LogP contribution < -0.4 is 16.2 Å². The van der Waals surface area contributed by atoms with Gasteiger partial charge in [0.25, 0.3) is 5.56 Å². The molecular weight excluding hydrogens is 388 g/mol.